The third-order valence-corrected chi connectivity index (χ3v) is 9.68. The van der Waals surface area contributed by atoms with Gasteiger partial charge >= 0.3 is 0 Å². The maximum Gasteiger partial charge on any atom is 0.246 e. The maximum absolute atomic E-state index is 16.1. The molecule has 8 nitrogen and oxygen atoms in total. The van der Waals surface area contributed by atoms with Crippen LogP contribution in [-0.4, -0.2) is 75.4 Å². The third-order valence-electron chi connectivity index (χ3n) is 7.48. The number of thioether (sulfide) groups is 2. The number of hydrogen-bond donors (Lipinski definition) is 1. The second kappa shape index (κ2) is 15.2. The van der Waals surface area contributed by atoms with Gasteiger partial charge in [-0.15, -0.1) is 23.5 Å². The molecule has 45 heavy (non-hydrogen) atoms. The molecule has 4 rings (SSSR count). The number of carbonyl (C=O) groups excluding carboxylic acids is 2. The van der Waals surface area contributed by atoms with E-state index in [-0.39, 0.29) is 50.8 Å². The monoisotopic (exact) mass is 672 g/mol. The summed E-state index contributed by atoms with van der Waals surface area (Å²) in [5.41, 5.74) is 1.12. The van der Waals surface area contributed by atoms with Gasteiger partial charge in [-0.05, 0) is 54.3 Å². The zero-order chi connectivity index (χ0) is 32.8. The average molecular weight is 673 g/mol. The van der Waals surface area contributed by atoms with Gasteiger partial charge in [-0.25, -0.2) is 23.7 Å². The molecule has 2 unspecified atom stereocenters. The number of benzene rings is 1. The second-order valence-electron chi connectivity index (χ2n) is 10.7. The summed E-state index contributed by atoms with van der Waals surface area (Å²) in [4.78, 5) is 42.5. The summed E-state index contributed by atoms with van der Waals surface area (Å²) < 4.78 is 31.0. The second-order valence-corrected chi connectivity index (χ2v) is 12.9. The lowest BCUT2D eigenvalue weighted by Crippen LogP contribution is -2.43. The fraction of sp³-hybridized carbons (Fsp3) is 0.344. The standard InChI is InChI=1S/C32H35ClF2N6O2S2/c1-7-25(43)40-13-14-41(32(45-6)19(4)16-40)30(39-27-20(18(2)3)11-12-36-31(27)44-5)21-15-24(35)28(38-29(21)37-17-42)26-22(33)9-8-10-23(26)34/h7-12,15,17-19,32H,1,13-14,16H2,2-6H3,(H,37,38,42). The van der Waals surface area contributed by atoms with E-state index < -0.39 is 11.6 Å². The zero-order valence-corrected chi connectivity index (χ0v) is 28.1. The highest BCUT2D eigenvalue weighted by molar-refractivity contribution is 7.99. The summed E-state index contributed by atoms with van der Waals surface area (Å²) in [6.07, 6.45) is 7.30. The molecule has 1 aliphatic rings. The van der Waals surface area contributed by atoms with Gasteiger partial charge in [-0.1, -0.05) is 45.0 Å². The largest absolute Gasteiger partial charge is 0.342 e. The predicted molar refractivity (Wildman–Crippen MR) is 181 cm³/mol. The number of amidine groups is 1. The predicted octanol–water partition coefficient (Wildman–Crippen LogP) is 7.22. The van der Waals surface area contributed by atoms with Crippen LogP contribution >= 0.6 is 35.1 Å². The van der Waals surface area contributed by atoms with Crippen molar-refractivity contribution in [2.24, 2.45) is 10.9 Å². The summed E-state index contributed by atoms with van der Waals surface area (Å²) in [6, 6.07) is 7.10. The molecule has 1 N–H and O–H groups in total. The van der Waals surface area contributed by atoms with E-state index in [1.165, 1.54) is 36.0 Å². The number of aliphatic imine (C=N–C) groups is 1. The van der Waals surface area contributed by atoms with Gasteiger partial charge in [0.2, 0.25) is 12.3 Å². The van der Waals surface area contributed by atoms with Crippen LogP contribution in [0.2, 0.25) is 5.02 Å². The van der Waals surface area contributed by atoms with E-state index in [2.05, 4.69) is 21.9 Å². The Morgan fingerprint density at radius 2 is 1.98 bits per heavy atom. The van der Waals surface area contributed by atoms with Crippen molar-refractivity contribution in [3.63, 3.8) is 0 Å². The van der Waals surface area contributed by atoms with E-state index in [1.807, 2.05) is 44.2 Å². The number of anilines is 1. The van der Waals surface area contributed by atoms with Crippen molar-refractivity contribution in [2.45, 2.75) is 37.1 Å². The SMILES string of the molecule is C=CC(=O)N1CCN(C(=Nc2c(C(C)C)ccnc2SC)c2cc(F)c(-c3c(F)cccc3Cl)nc2NC=O)C(SC)C(C)C1. The molecule has 1 fully saturated rings. The number of nitrogens with zero attached hydrogens (tertiary/aromatic N) is 5. The highest BCUT2D eigenvalue weighted by atomic mass is 35.5. The van der Waals surface area contributed by atoms with Gasteiger partial charge in [-0.2, -0.15) is 0 Å². The lowest BCUT2D eigenvalue weighted by Gasteiger charge is -2.35. The lowest BCUT2D eigenvalue weighted by atomic mass is 10.0. The summed E-state index contributed by atoms with van der Waals surface area (Å²) in [5, 5.41) is 3.01. The number of pyridine rings is 2. The molecule has 1 aliphatic heterocycles. The van der Waals surface area contributed by atoms with E-state index in [4.69, 9.17) is 16.6 Å². The average Bonchev–Trinajstić information content (AvgIpc) is 3.18. The van der Waals surface area contributed by atoms with Crippen LogP contribution in [0.15, 0.2) is 59.2 Å². The van der Waals surface area contributed by atoms with Crippen LogP contribution in [0.25, 0.3) is 11.3 Å². The van der Waals surface area contributed by atoms with Gasteiger partial charge < -0.3 is 15.1 Å². The Balaban J connectivity index is 2.05. The first-order valence-corrected chi connectivity index (χ1v) is 17.1. The van der Waals surface area contributed by atoms with Crippen molar-refractivity contribution >= 4 is 64.8 Å². The topological polar surface area (TPSA) is 90.8 Å². The fourth-order valence-electron chi connectivity index (χ4n) is 5.39. The van der Waals surface area contributed by atoms with E-state index in [1.54, 1.807) is 22.9 Å². The Hall–Kier alpha value is -3.48. The molecule has 3 heterocycles. The minimum Gasteiger partial charge on any atom is -0.342 e. The van der Waals surface area contributed by atoms with Crippen LogP contribution in [0.1, 0.15) is 37.8 Å². The van der Waals surface area contributed by atoms with Gasteiger partial charge in [0.1, 0.15) is 33.9 Å². The van der Waals surface area contributed by atoms with E-state index >= 15 is 4.39 Å². The highest BCUT2D eigenvalue weighted by Crippen LogP contribution is 2.38. The Kier molecular flexibility index (Phi) is 11.6. The van der Waals surface area contributed by atoms with Crippen molar-refractivity contribution < 1.29 is 18.4 Å². The highest BCUT2D eigenvalue weighted by Gasteiger charge is 2.35. The maximum atomic E-state index is 16.1. The Labute approximate surface area is 275 Å². The first kappa shape index (κ1) is 34.4. The normalized spacial score (nSPS) is 17.3. The molecule has 0 spiro atoms. The van der Waals surface area contributed by atoms with E-state index in [0.29, 0.717) is 42.6 Å². The summed E-state index contributed by atoms with van der Waals surface area (Å²) in [5.74, 6) is -1.49. The van der Waals surface area contributed by atoms with Crippen molar-refractivity contribution in [2.75, 3.05) is 37.5 Å². The number of aromatic nitrogens is 2. The molecule has 1 saturated heterocycles. The molecular formula is C32H35ClF2N6O2S2. The van der Waals surface area contributed by atoms with Crippen LogP contribution < -0.4 is 5.32 Å². The number of hydrogen-bond acceptors (Lipinski definition) is 7. The molecular weight excluding hydrogens is 638 g/mol. The molecule has 2 atom stereocenters. The molecule has 13 heteroatoms. The fourth-order valence-corrected chi connectivity index (χ4v) is 7.18. The van der Waals surface area contributed by atoms with Gasteiger partial charge in [0, 0.05) is 31.7 Å². The van der Waals surface area contributed by atoms with Gasteiger partial charge in [0.05, 0.1) is 21.5 Å². The molecule has 0 radical (unpaired) electrons. The lowest BCUT2D eigenvalue weighted by molar-refractivity contribution is -0.126. The number of rotatable bonds is 9. The molecule has 0 saturated carbocycles. The van der Waals surface area contributed by atoms with E-state index in [0.717, 1.165) is 11.6 Å². The van der Waals surface area contributed by atoms with Crippen molar-refractivity contribution in [1.29, 1.82) is 0 Å². The molecule has 1 aromatic carbocycles. The number of halogens is 3. The Morgan fingerprint density at radius 3 is 2.60 bits per heavy atom. The van der Waals surface area contributed by atoms with Crippen LogP contribution in [0.3, 0.4) is 0 Å². The molecule has 0 aliphatic carbocycles. The smallest absolute Gasteiger partial charge is 0.246 e. The minimum atomic E-state index is -0.853. The van der Waals surface area contributed by atoms with Crippen LogP contribution in [0, 0.1) is 17.6 Å². The number of nitrogens with one attached hydrogen (secondary N) is 1. The summed E-state index contributed by atoms with van der Waals surface area (Å²) in [6.45, 7) is 10.9. The van der Waals surface area contributed by atoms with Crippen LogP contribution in [0.4, 0.5) is 20.3 Å². The first-order valence-electron chi connectivity index (χ1n) is 14.2. The third kappa shape index (κ3) is 7.34. The quantitative estimate of drug-likeness (QED) is 0.0844. The van der Waals surface area contributed by atoms with Gasteiger partial charge in [0.25, 0.3) is 0 Å². The number of carbonyl (C=O) groups is 2. The summed E-state index contributed by atoms with van der Waals surface area (Å²) >= 11 is 9.27. The first-order chi connectivity index (χ1) is 21.6. The van der Waals surface area contributed by atoms with Crippen molar-refractivity contribution in [3.05, 3.63) is 77.0 Å². The van der Waals surface area contributed by atoms with Crippen LogP contribution in [0.5, 0.6) is 0 Å². The van der Waals surface area contributed by atoms with Crippen LogP contribution in [-0.2, 0) is 9.59 Å². The molecule has 0 bridgehead atoms. The van der Waals surface area contributed by atoms with Gasteiger partial charge in [-0.3, -0.25) is 9.59 Å². The Morgan fingerprint density at radius 1 is 1.22 bits per heavy atom. The molecule has 2 aromatic heterocycles. The van der Waals surface area contributed by atoms with Crippen molar-refractivity contribution in [1.82, 2.24) is 19.8 Å². The van der Waals surface area contributed by atoms with Crippen molar-refractivity contribution in [3.8, 4) is 11.3 Å². The number of amides is 2. The molecule has 238 valence electrons. The Bertz CT molecular complexity index is 1600. The van der Waals surface area contributed by atoms with E-state index in [9.17, 15) is 14.0 Å². The molecule has 3 aromatic rings. The zero-order valence-electron chi connectivity index (χ0n) is 25.7. The van der Waals surface area contributed by atoms with Gasteiger partial charge in [0.15, 0.2) is 5.82 Å². The molecule has 2 amide bonds. The summed E-state index contributed by atoms with van der Waals surface area (Å²) in [7, 11) is 0. The minimum absolute atomic E-state index is 0.0302.